The Balaban J connectivity index is 2.57. The van der Waals surface area contributed by atoms with Crippen molar-refractivity contribution in [1.82, 2.24) is 5.32 Å². The molecule has 0 bridgehead atoms. The zero-order valence-corrected chi connectivity index (χ0v) is 12.4. The lowest BCUT2D eigenvalue weighted by atomic mass is 9.95. The van der Waals surface area contributed by atoms with Gasteiger partial charge in [0, 0.05) is 17.8 Å². The highest BCUT2D eigenvalue weighted by atomic mass is 16.5. The molecule has 1 rings (SSSR count). The average molecular weight is 280 g/mol. The largest absolute Gasteiger partial charge is 0.494 e. The number of aliphatic hydroxyl groups is 1. The molecule has 0 aromatic heterocycles. The molecule has 2 amide bonds. The molecule has 0 aliphatic heterocycles. The topological polar surface area (TPSA) is 70.6 Å². The van der Waals surface area contributed by atoms with Gasteiger partial charge in [0.15, 0.2) is 0 Å². The van der Waals surface area contributed by atoms with Crippen molar-refractivity contribution in [1.29, 1.82) is 0 Å². The van der Waals surface area contributed by atoms with Crippen LogP contribution >= 0.6 is 0 Å². The van der Waals surface area contributed by atoms with Crippen molar-refractivity contribution in [2.45, 2.75) is 39.2 Å². The van der Waals surface area contributed by atoms with Gasteiger partial charge in [0.25, 0.3) is 0 Å². The number of ether oxygens (including phenoxy) is 1. The maximum atomic E-state index is 11.9. The summed E-state index contributed by atoms with van der Waals surface area (Å²) in [6.07, 6.45) is 1.28. The van der Waals surface area contributed by atoms with Crippen molar-refractivity contribution in [3.8, 4) is 5.75 Å². The first-order valence-corrected chi connectivity index (χ1v) is 6.96. The minimum absolute atomic E-state index is 0.0493. The number of urea groups is 1. The zero-order valence-electron chi connectivity index (χ0n) is 12.4. The molecule has 1 aromatic rings. The van der Waals surface area contributed by atoms with E-state index in [1.54, 1.807) is 12.1 Å². The van der Waals surface area contributed by atoms with E-state index in [4.69, 9.17) is 9.84 Å². The number of nitrogens with one attached hydrogen (secondary N) is 2. The van der Waals surface area contributed by atoms with Gasteiger partial charge in [-0.2, -0.15) is 0 Å². The van der Waals surface area contributed by atoms with Crippen LogP contribution in [-0.4, -0.2) is 29.9 Å². The number of carbonyl (C=O) groups is 1. The molecule has 5 heteroatoms. The first kappa shape index (κ1) is 16.3. The maximum Gasteiger partial charge on any atom is 0.319 e. The molecule has 0 aliphatic rings. The minimum Gasteiger partial charge on any atom is -0.494 e. The molecule has 112 valence electrons. The Morgan fingerprint density at radius 2 is 1.95 bits per heavy atom. The van der Waals surface area contributed by atoms with E-state index in [9.17, 15) is 4.79 Å². The summed E-state index contributed by atoms with van der Waals surface area (Å²) in [5.41, 5.74) is 0.304. The van der Waals surface area contributed by atoms with Crippen LogP contribution in [0.3, 0.4) is 0 Å². The van der Waals surface area contributed by atoms with Gasteiger partial charge in [-0.3, -0.25) is 0 Å². The molecule has 1 unspecified atom stereocenters. The lowest BCUT2D eigenvalue weighted by Crippen LogP contribution is -2.48. The first-order chi connectivity index (χ1) is 9.53. The number of benzene rings is 1. The molecule has 1 aromatic carbocycles. The second-order valence-corrected chi connectivity index (χ2v) is 4.92. The van der Waals surface area contributed by atoms with E-state index in [1.165, 1.54) is 0 Å². The smallest absolute Gasteiger partial charge is 0.319 e. The molecule has 0 aliphatic carbocycles. The van der Waals surface area contributed by atoms with Gasteiger partial charge in [-0.1, -0.05) is 6.92 Å². The number of amides is 2. The van der Waals surface area contributed by atoms with Crippen LogP contribution in [-0.2, 0) is 0 Å². The zero-order chi connectivity index (χ0) is 15.0. The van der Waals surface area contributed by atoms with Gasteiger partial charge in [0.2, 0.25) is 0 Å². The van der Waals surface area contributed by atoms with E-state index >= 15 is 0 Å². The quantitative estimate of drug-likeness (QED) is 0.719. The number of hydrogen-bond donors (Lipinski definition) is 3. The van der Waals surface area contributed by atoms with Gasteiger partial charge in [-0.05, 0) is 51.0 Å². The fourth-order valence-corrected chi connectivity index (χ4v) is 1.81. The molecule has 0 heterocycles. The molecule has 0 fully saturated rings. The summed E-state index contributed by atoms with van der Waals surface area (Å²) in [5.74, 6) is 0.775. The van der Waals surface area contributed by atoms with Crippen LogP contribution in [0, 0.1) is 0 Å². The number of aliphatic hydroxyl groups excluding tert-OH is 1. The van der Waals surface area contributed by atoms with Crippen LogP contribution in [0.15, 0.2) is 24.3 Å². The first-order valence-electron chi connectivity index (χ1n) is 6.96. The van der Waals surface area contributed by atoms with Crippen LogP contribution in [0.4, 0.5) is 10.5 Å². The standard InChI is InChI=1S/C15H24N2O3/c1-4-15(3,10-11-18)17-14(19)16-12-6-8-13(9-7-12)20-5-2/h6-9,18H,4-5,10-11H2,1-3H3,(H2,16,17,19). The van der Waals surface area contributed by atoms with Crippen molar-refractivity contribution in [3.05, 3.63) is 24.3 Å². The molecule has 3 N–H and O–H groups in total. The van der Waals surface area contributed by atoms with E-state index in [-0.39, 0.29) is 12.6 Å². The van der Waals surface area contributed by atoms with Crippen molar-refractivity contribution in [3.63, 3.8) is 0 Å². The van der Waals surface area contributed by atoms with Crippen LogP contribution < -0.4 is 15.4 Å². The number of carbonyl (C=O) groups excluding carboxylic acids is 1. The molecule has 5 nitrogen and oxygen atoms in total. The van der Waals surface area contributed by atoms with Gasteiger partial charge in [-0.15, -0.1) is 0 Å². The van der Waals surface area contributed by atoms with E-state index in [0.29, 0.717) is 18.7 Å². The lowest BCUT2D eigenvalue weighted by molar-refractivity contribution is 0.208. The highest BCUT2D eigenvalue weighted by molar-refractivity contribution is 5.89. The summed E-state index contributed by atoms with van der Waals surface area (Å²) < 4.78 is 5.34. The predicted octanol–water partition coefficient (Wildman–Crippen LogP) is 2.76. The summed E-state index contributed by atoms with van der Waals surface area (Å²) >= 11 is 0. The molecular weight excluding hydrogens is 256 g/mol. The van der Waals surface area contributed by atoms with Crippen molar-refractivity contribution >= 4 is 11.7 Å². The lowest BCUT2D eigenvalue weighted by Gasteiger charge is -2.29. The van der Waals surface area contributed by atoms with Gasteiger partial charge in [0.1, 0.15) is 5.75 Å². The maximum absolute atomic E-state index is 11.9. The summed E-state index contributed by atoms with van der Waals surface area (Å²) in [6, 6.07) is 6.93. The second-order valence-electron chi connectivity index (χ2n) is 4.92. The number of rotatable bonds is 7. The van der Waals surface area contributed by atoms with E-state index in [0.717, 1.165) is 12.2 Å². The third-order valence-corrected chi connectivity index (χ3v) is 3.28. The highest BCUT2D eigenvalue weighted by Crippen LogP contribution is 2.17. The van der Waals surface area contributed by atoms with E-state index in [2.05, 4.69) is 10.6 Å². The predicted molar refractivity (Wildman–Crippen MR) is 80.2 cm³/mol. The van der Waals surface area contributed by atoms with Crippen LogP contribution in [0.25, 0.3) is 0 Å². The van der Waals surface area contributed by atoms with Crippen molar-refractivity contribution in [2.24, 2.45) is 0 Å². The molecule has 0 radical (unpaired) electrons. The molecule has 1 atom stereocenters. The number of anilines is 1. The van der Waals surface area contributed by atoms with Crippen molar-refractivity contribution < 1.29 is 14.6 Å². The van der Waals surface area contributed by atoms with Gasteiger partial charge in [-0.25, -0.2) is 4.79 Å². The Morgan fingerprint density at radius 1 is 1.30 bits per heavy atom. The third kappa shape index (κ3) is 5.09. The molecule has 20 heavy (non-hydrogen) atoms. The van der Waals surface area contributed by atoms with Gasteiger partial charge in [0.05, 0.1) is 6.61 Å². The molecule has 0 saturated heterocycles. The minimum atomic E-state index is -0.399. The number of hydrogen-bond acceptors (Lipinski definition) is 3. The van der Waals surface area contributed by atoms with Crippen molar-refractivity contribution in [2.75, 3.05) is 18.5 Å². The fourth-order valence-electron chi connectivity index (χ4n) is 1.81. The third-order valence-electron chi connectivity index (χ3n) is 3.28. The summed E-state index contributed by atoms with van der Waals surface area (Å²) in [7, 11) is 0. The summed E-state index contributed by atoms with van der Waals surface area (Å²) in [4.78, 5) is 11.9. The Morgan fingerprint density at radius 3 is 2.45 bits per heavy atom. The van der Waals surface area contributed by atoms with E-state index in [1.807, 2.05) is 32.9 Å². The fraction of sp³-hybridized carbons (Fsp3) is 0.533. The Bertz CT molecular complexity index is 420. The second kappa shape index (κ2) is 7.75. The van der Waals surface area contributed by atoms with Gasteiger partial charge < -0.3 is 20.5 Å². The van der Waals surface area contributed by atoms with Gasteiger partial charge >= 0.3 is 6.03 Å². The normalized spacial score (nSPS) is 13.4. The monoisotopic (exact) mass is 280 g/mol. The molecule has 0 saturated carbocycles. The van der Waals surface area contributed by atoms with E-state index < -0.39 is 5.54 Å². The highest BCUT2D eigenvalue weighted by Gasteiger charge is 2.23. The summed E-state index contributed by atoms with van der Waals surface area (Å²) in [6.45, 7) is 6.48. The Kier molecular flexibility index (Phi) is 6.31. The Labute approximate surface area is 120 Å². The molecule has 0 spiro atoms. The molecular formula is C15H24N2O3. The van der Waals surface area contributed by atoms with Crippen LogP contribution in [0.5, 0.6) is 5.75 Å². The summed E-state index contributed by atoms with van der Waals surface area (Å²) in [5, 5.41) is 14.7. The average Bonchev–Trinajstić information content (AvgIpc) is 2.41. The van der Waals surface area contributed by atoms with Crippen LogP contribution in [0.2, 0.25) is 0 Å². The van der Waals surface area contributed by atoms with Crippen LogP contribution in [0.1, 0.15) is 33.6 Å². The Hall–Kier alpha value is -1.75. The SMILES string of the molecule is CCOc1ccc(NC(=O)NC(C)(CC)CCO)cc1.